The molecule has 0 aromatic carbocycles. The molecule has 0 bridgehead atoms. The summed E-state index contributed by atoms with van der Waals surface area (Å²) in [6, 6.07) is 2.63. The SMILES string of the molecule is CCC[Si](OCC)(OCC)OCC.c1cnnnc1. The monoisotopic (exact) mass is 287 g/mol. The maximum absolute atomic E-state index is 5.65. The molecule has 1 aromatic heterocycles. The number of aromatic nitrogens is 3. The van der Waals surface area contributed by atoms with Crippen LogP contribution in [0.4, 0.5) is 0 Å². The maximum Gasteiger partial charge on any atom is 0.500 e. The number of hydrogen-bond acceptors (Lipinski definition) is 6. The molecule has 0 spiro atoms. The van der Waals surface area contributed by atoms with Crippen LogP contribution in [0.25, 0.3) is 0 Å². The van der Waals surface area contributed by atoms with E-state index in [1.807, 2.05) is 20.8 Å². The molecular formula is C12H25N3O3Si. The van der Waals surface area contributed by atoms with Crippen LogP contribution in [0.3, 0.4) is 0 Å². The van der Waals surface area contributed by atoms with Crippen LogP contribution in [0.5, 0.6) is 0 Å². The predicted octanol–water partition coefficient (Wildman–Crippen LogP) is 2.32. The zero-order valence-electron chi connectivity index (χ0n) is 12.3. The Kier molecular flexibility index (Phi) is 11.6. The molecule has 0 amide bonds. The van der Waals surface area contributed by atoms with Gasteiger partial charge in [0.05, 0.1) is 12.4 Å². The molecule has 1 rings (SSSR count). The summed E-state index contributed by atoms with van der Waals surface area (Å²) in [4.78, 5) is 0. The topological polar surface area (TPSA) is 66.4 Å². The van der Waals surface area contributed by atoms with Crippen molar-refractivity contribution in [2.24, 2.45) is 0 Å². The molecule has 0 saturated carbocycles. The minimum Gasteiger partial charge on any atom is -0.374 e. The van der Waals surface area contributed by atoms with E-state index in [9.17, 15) is 0 Å². The Morgan fingerprint density at radius 1 is 0.842 bits per heavy atom. The van der Waals surface area contributed by atoms with Gasteiger partial charge in [0.1, 0.15) is 0 Å². The molecule has 0 aliphatic rings. The van der Waals surface area contributed by atoms with Crippen molar-refractivity contribution in [1.29, 1.82) is 0 Å². The molecule has 0 N–H and O–H groups in total. The molecule has 0 unspecified atom stereocenters. The zero-order chi connectivity index (χ0) is 14.4. The molecule has 0 atom stereocenters. The Balaban J connectivity index is 0.000000443. The lowest BCUT2D eigenvalue weighted by Crippen LogP contribution is -2.45. The summed E-state index contributed by atoms with van der Waals surface area (Å²) in [5, 5.41) is 10.1. The van der Waals surface area contributed by atoms with E-state index < -0.39 is 8.80 Å². The largest absolute Gasteiger partial charge is 0.500 e. The minimum atomic E-state index is -2.30. The fraction of sp³-hybridized carbons (Fsp3) is 0.750. The molecule has 1 heterocycles. The average molecular weight is 287 g/mol. The first-order chi connectivity index (χ1) is 9.24. The Morgan fingerprint density at radius 3 is 1.53 bits per heavy atom. The van der Waals surface area contributed by atoms with Crippen LogP contribution in [0, 0.1) is 0 Å². The number of nitrogens with zero attached hydrogens (tertiary/aromatic N) is 3. The Hall–Kier alpha value is -0.893. The van der Waals surface area contributed by atoms with Gasteiger partial charge in [0.25, 0.3) is 0 Å². The Labute approximate surface area is 116 Å². The summed E-state index contributed by atoms with van der Waals surface area (Å²) >= 11 is 0. The van der Waals surface area contributed by atoms with E-state index in [1.54, 1.807) is 18.5 Å². The van der Waals surface area contributed by atoms with Gasteiger partial charge in [-0.3, -0.25) is 0 Å². The first-order valence-electron chi connectivity index (χ1n) is 6.74. The van der Waals surface area contributed by atoms with Crippen LogP contribution < -0.4 is 0 Å². The van der Waals surface area contributed by atoms with E-state index in [-0.39, 0.29) is 0 Å². The van der Waals surface area contributed by atoms with Gasteiger partial charge in [-0.15, -0.1) is 10.2 Å². The summed E-state index contributed by atoms with van der Waals surface area (Å²) in [7, 11) is -2.30. The number of rotatable bonds is 8. The second-order valence-corrected chi connectivity index (χ2v) is 6.28. The van der Waals surface area contributed by atoms with Crippen LogP contribution in [0.2, 0.25) is 6.04 Å². The smallest absolute Gasteiger partial charge is 0.374 e. The lowest BCUT2D eigenvalue weighted by molar-refractivity contribution is 0.0712. The van der Waals surface area contributed by atoms with Gasteiger partial charge in [0, 0.05) is 25.9 Å². The van der Waals surface area contributed by atoms with Crippen molar-refractivity contribution in [2.45, 2.75) is 40.2 Å². The van der Waals surface area contributed by atoms with E-state index in [0.717, 1.165) is 12.5 Å². The van der Waals surface area contributed by atoms with Crippen molar-refractivity contribution in [3.8, 4) is 0 Å². The van der Waals surface area contributed by atoms with Gasteiger partial charge in [-0.1, -0.05) is 13.3 Å². The van der Waals surface area contributed by atoms with Crippen LogP contribution in [-0.4, -0.2) is 44.0 Å². The Bertz CT molecular complexity index is 235. The molecule has 0 radical (unpaired) electrons. The quantitative estimate of drug-likeness (QED) is 0.684. The van der Waals surface area contributed by atoms with Crippen molar-refractivity contribution in [3.05, 3.63) is 18.5 Å². The van der Waals surface area contributed by atoms with Crippen molar-refractivity contribution in [3.63, 3.8) is 0 Å². The highest BCUT2D eigenvalue weighted by molar-refractivity contribution is 6.60. The van der Waals surface area contributed by atoms with E-state index in [0.29, 0.717) is 19.8 Å². The average Bonchev–Trinajstić information content (AvgIpc) is 2.43. The highest BCUT2D eigenvalue weighted by Crippen LogP contribution is 2.17. The zero-order valence-corrected chi connectivity index (χ0v) is 13.3. The van der Waals surface area contributed by atoms with E-state index in [1.165, 1.54) is 0 Å². The van der Waals surface area contributed by atoms with Gasteiger partial charge in [-0.2, -0.15) is 0 Å². The molecule has 110 valence electrons. The summed E-state index contributed by atoms with van der Waals surface area (Å²) in [6.07, 6.45) is 4.20. The van der Waals surface area contributed by atoms with E-state index in [4.69, 9.17) is 13.3 Å². The predicted molar refractivity (Wildman–Crippen MR) is 75.6 cm³/mol. The third kappa shape index (κ3) is 8.76. The summed E-state index contributed by atoms with van der Waals surface area (Å²) in [5.74, 6) is 0. The molecule has 6 nitrogen and oxygen atoms in total. The summed E-state index contributed by atoms with van der Waals surface area (Å²) in [6.45, 7) is 10.1. The summed E-state index contributed by atoms with van der Waals surface area (Å²) < 4.78 is 16.9. The van der Waals surface area contributed by atoms with Crippen molar-refractivity contribution >= 4 is 8.80 Å². The standard InChI is InChI=1S/C9H22O3Si.C3H3N3/c1-5-9-13(10-6-2,11-7-3)12-8-4;1-2-4-6-5-3-1/h5-9H2,1-4H3;1-3H. The molecule has 1 aromatic rings. The molecule has 0 fully saturated rings. The van der Waals surface area contributed by atoms with Gasteiger partial charge in [0.15, 0.2) is 0 Å². The molecule has 0 saturated heterocycles. The lowest BCUT2D eigenvalue weighted by atomic mass is 10.6. The van der Waals surface area contributed by atoms with Crippen LogP contribution >= 0.6 is 0 Å². The Morgan fingerprint density at radius 2 is 1.32 bits per heavy atom. The third-order valence-corrected chi connectivity index (χ3v) is 5.36. The van der Waals surface area contributed by atoms with Crippen LogP contribution in [0.15, 0.2) is 18.5 Å². The van der Waals surface area contributed by atoms with Gasteiger partial charge in [-0.25, -0.2) is 0 Å². The fourth-order valence-electron chi connectivity index (χ4n) is 1.51. The van der Waals surface area contributed by atoms with Crippen LogP contribution in [-0.2, 0) is 13.3 Å². The highest BCUT2D eigenvalue weighted by Gasteiger charge is 2.38. The first-order valence-corrected chi connectivity index (χ1v) is 8.68. The third-order valence-electron chi connectivity index (χ3n) is 2.06. The second-order valence-electron chi connectivity index (χ2n) is 3.54. The lowest BCUT2D eigenvalue weighted by Gasteiger charge is -2.27. The van der Waals surface area contributed by atoms with Crippen molar-refractivity contribution in [2.75, 3.05) is 19.8 Å². The number of hydrogen-bond donors (Lipinski definition) is 0. The van der Waals surface area contributed by atoms with E-state index in [2.05, 4.69) is 22.3 Å². The first kappa shape index (κ1) is 18.1. The second kappa shape index (κ2) is 12.2. The van der Waals surface area contributed by atoms with Gasteiger partial charge >= 0.3 is 8.80 Å². The van der Waals surface area contributed by atoms with Gasteiger partial charge < -0.3 is 13.3 Å². The van der Waals surface area contributed by atoms with Crippen molar-refractivity contribution < 1.29 is 13.3 Å². The minimum absolute atomic E-state index is 0.673. The van der Waals surface area contributed by atoms with Gasteiger partial charge in [0.2, 0.25) is 0 Å². The van der Waals surface area contributed by atoms with E-state index >= 15 is 0 Å². The fourth-order valence-corrected chi connectivity index (χ4v) is 4.13. The summed E-state index contributed by atoms with van der Waals surface area (Å²) in [5.41, 5.74) is 0. The van der Waals surface area contributed by atoms with Crippen LogP contribution in [0.1, 0.15) is 34.1 Å². The molecule has 19 heavy (non-hydrogen) atoms. The molecule has 0 aliphatic carbocycles. The normalized spacial score (nSPS) is 10.7. The van der Waals surface area contributed by atoms with Gasteiger partial charge in [-0.05, 0) is 32.1 Å². The maximum atomic E-state index is 5.65. The highest BCUT2D eigenvalue weighted by atomic mass is 28.4. The molecule has 0 aliphatic heterocycles. The molecular weight excluding hydrogens is 262 g/mol. The molecule has 7 heteroatoms. The van der Waals surface area contributed by atoms with Crippen molar-refractivity contribution in [1.82, 2.24) is 15.4 Å².